The molecule has 0 saturated carbocycles. The van der Waals surface area contributed by atoms with Crippen LogP contribution >= 0.6 is 0 Å². The molecule has 4 amide bonds. The molecule has 0 aliphatic carbocycles. The van der Waals surface area contributed by atoms with Crippen molar-refractivity contribution in [2.75, 3.05) is 12.3 Å². The summed E-state index contributed by atoms with van der Waals surface area (Å²) in [5, 5.41) is 4.53. The summed E-state index contributed by atoms with van der Waals surface area (Å²) in [6.07, 6.45) is 4.62. The normalized spacial score (nSPS) is 15.2. The highest BCUT2D eigenvalue weighted by Gasteiger charge is 2.24. The smallest absolute Gasteiger partial charge is 0.253 e. The van der Waals surface area contributed by atoms with Crippen LogP contribution in [0, 0.1) is 0 Å². The molecule has 0 unspecified atom stereocenters. The maximum Gasteiger partial charge on any atom is 0.253 e. The molecule has 12 heteroatoms. The summed E-state index contributed by atoms with van der Waals surface area (Å²) in [5.41, 5.74) is 0. The number of imide groups is 2. The predicted octanol–water partition coefficient (Wildman–Crippen LogP) is -0.643. The van der Waals surface area contributed by atoms with Crippen molar-refractivity contribution in [3.63, 3.8) is 0 Å². The largest absolute Gasteiger partial charge is 0.289 e. The van der Waals surface area contributed by atoms with Gasteiger partial charge in [0.1, 0.15) is 0 Å². The zero-order valence-electron chi connectivity index (χ0n) is 14.6. The van der Waals surface area contributed by atoms with E-state index in [0.717, 1.165) is 33.3 Å². The van der Waals surface area contributed by atoms with E-state index in [4.69, 9.17) is 0 Å². The molecule has 0 atom stereocenters. The number of nitrogens with zero attached hydrogens (tertiary/aromatic N) is 1. The van der Waals surface area contributed by atoms with Gasteiger partial charge in [-0.1, -0.05) is 19.7 Å². The van der Waals surface area contributed by atoms with Crippen molar-refractivity contribution in [1.29, 1.82) is 0 Å². The van der Waals surface area contributed by atoms with Gasteiger partial charge in [0.15, 0.2) is 19.7 Å². The van der Waals surface area contributed by atoms with Crippen LogP contribution in [0.1, 0.15) is 0 Å². The summed E-state index contributed by atoms with van der Waals surface area (Å²) >= 11 is 0. The van der Waals surface area contributed by atoms with Crippen LogP contribution in [0.4, 0.5) is 0 Å². The standard InChI is InChI=1S/C8H9NO4S.C4H3NO2.C4H6O2S/c1-2-14(12,13)6-5-9-7(10)3-4-8(9)11;6-3-1-2-4(7)5-3;1-3-7(5,6)4-2/h2-4H,1,5-6H2;1-2H,(H,5,6,7);3-4H,1-2H2. The molecule has 0 saturated heterocycles. The fourth-order valence-corrected chi connectivity index (χ4v) is 2.12. The number of rotatable bonds is 6. The van der Waals surface area contributed by atoms with Crippen molar-refractivity contribution in [3.8, 4) is 0 Å². The second kappa shape index (κ2) is 10.9. The number of carbonyl (C=O) groups excluding carboxylic acids is 4. The van der Waals surface area contributed by atoms with E-state index in [9.17, 15) is 36.0 Å². The molecule has 2 rings (SSSR count). The topological polar surface area (TPSA) is 152 Å². The van der Waals surface area contributed by atoms with E-state index >= 15 is 0 Å². The van der Waals surface area contributed by atoms with Crippen LogP contribution in [0.2, 0.25) is 0 Å². The van der Waals surface area contributed by atoms with Gasteiger partial charge in [-0.25, -0.2) is 16.8 Å². The minimum atomic E-state index is -3.36. The summed E-state index contributed by atoms with van der Waals surface area (Å²) in [6.45, 7) is 9.09. The molecule has 0 aromatic carbocycles. The first-order valence-electron chi connectivity index (χ1n) is 7.29. The zero-order chi connectivity index (χ0) is 22.0. The minimum Gasteiger partial charge on any atom is -0.289 e. The number of sulfone groups is 2. The first-order chi connectivity index (χ1) is 12.9. The lowest BCUT2D eigenvalue weighted by atomic mass is 10.5. The third kappa shape index (κ3) is 9.54. The second-order valence-electron chi connectivity index (χ2n) is 4.80. The third-order valence-electron chi connectivity index (χ3n) is 2.85. The van der Waals surface area contributed by atoms with Gasteiger partial charge >= 0.3 is 0 Å². The number of carbonyl (C=O) groups is 4. The maximum absolute atomic E-state index is 11.0. The van der Waals surface area contributed by atoms with E-state index < -0.39 is 31.5 Å². The monoisotopic (exact) mass is 430 g/mol. The van der Waals surface area contributed by atoms with Crippen molar-refractivity contribution >= 4 is 43.3 Å². The number of hydrogen-bond donors (Lipinski definition) is 1. The Morgan fingerprint density at radius 1 is 0.786 bits per heavy atom. The Balaban J connectivity index is 0.000000437. The summed E-state index contributed by atoms with van der Waals surface area (Å²) in [7, 11) is -6.49. The van der Waals surface area contributed by atoms with Gasteiger partial charge in [0, 0.05) is 47.1 Å². The van der Waals surface area contributed by atoms with Crippen LogP contribution in [-0.2, 0) is 38.9 Å². The van der Waals surface area contributed by atoms with Gasteiger partial charge < -0.3 is 0 Å². The molecule has 2 heterocycles. The second-order valence-corrected chi connectivity index (χ2v) is 8.72. The molecule has 0 aromatic rings. The highest BCUT2D eigenvalue weighted by molar-refractivity contribution is 7.97. The van der Waals surface area contributed by atoms with Crippen molar-refractivity contribution in [2.24, 2.45) is 0 Å². The Hall–Kier alpha value is -3.12. The highest BCUT2D eigenvalue weighted by Crippen LogP contribution is 2.04. The lowest BCUT2D eigenvalue weighted by Crippen LogP contribution is -2.34. The Morgan fingerprint density at radius 2 is 1.21 bits per heavy atom. The van der Waals surface area contributed by atoms with Crippen molar-refractivity contribution in [3.05, 3.63) is 60.3 Å². The third-order valence-corrected chi connectivity index (χ3v) is 5.04. The van der Waals surface area contributed by atoms with E-state index in [1.807, 2.05) is 5.32 Å². The summed E-state index contributed by atoms with van der Waals surface area (Å²) < 4.78 is 42.2. The van der Waals surface area contributed by atoms with Crippen LogP contribution in [0.25, 0.3) is 0 Å². The SMILES string of the molecule is C=CS(=O)(=O)C=C.C=CS(=O)(=O)CCN1C(=O)C=CC1=O.O=C1C=CC(=O)N1. The molecular formula is C16H18N2O8S2. The maximum atomic E-state index is 11.0. The number of hydrogen-bond acceptors (Lipinski definition) is 8. The van der Waals surface area contributed by atoms with Crippen molar-refractivity contribution in [1.82, 2.24) is 10.2 Å². The van der Waals surface area contributed by atoms with E-state index in [0.29, 0.717) is 0 Å². The molecule has 2 aliphatic heterocycles. The molecule has 152 valence electrons. The molecule has 10 nitrogen and oxygen atoms in total. The van der Waals surface area contributed by atoms with E-state index in [2.05, 4.69) is 19.7 Å². The molecule has 1 N–H and O–H groups in total. The van der Waals surface area contributed by atoms with E-state index in [-0.39, 0.29) is 24.1 Å². The Kier molecular flexibility index (Phi) is 9.68. The fraction of sp³-hybridized carbons (Fsp3) is 0.125. The lowest BCUT2D eigenvalue weighted by molar-refractivity contribution is -0.136. The Morgan fingerprint density at radius 3 is 1.46 bits per heavy atom. The van der Waals surface area contributed by atoms with Gasteiger partial charge in [-0.2, -0.15) is 0 Å². The summed E-state index contributed by atoms with van der Waals surface area (Å²) in [4.78, 5) is 42.9. The Labute approximate surface area is 162 Å². The van der Waals surface area contributed by atoms with Gasteiger partial charge in [-0.15, -0.1) is 0 Å². The molecule has 0 spiro atoms. The highest BCUT2D eigenvalue weighted by atomic mass is 32.2. The molecule has 2 aliphatic rings. The average Bonchev–Trinajstić information content (AvgIpc) is 3.18. The van der Waals surface area contributed by atoms with Gasteiger partial charge in [-0.3, -0.25) is 29.4 Å². The van der Waals surface area contributed by atoms with Gasteiger partial charge in [-0.05, 0) is 0 Å². The molecule has 0 bridgehead atoms. The Bertz CT molecular complexity index is 909. The molecule has 0 radical (unpaired) electrons. The van der Waals surface area contributed by atoms with Crippen LogP contribution in [0.15, 0.2) is 60.3 Å². The first kappa shape index (κ1) is 24.9. The zero-order valence-corrected chi connectivity index (χ0v) is 16.2. The van der Waals surface area contributed by atoms with Crippen LogP contribution in [0.5, 0.6) is 0 Å². The number of amides is 4. The summed E-state index contributed by atoms with van der Waals surface area (Å²) in [6, 6.07) is 0. The van der Waals surface area contributed by atoms with Crippen LogP contribution in [0.3, 0.4) is 0 Å². The first-order valence-corrected chi connectivity index (χ1v) is 10.6. The summed E-state index contributed by atoms with van der Waals surface area (Å²) in [5.74, 6) is -1.89. The minimum absolute atomic E-state index is 0.126. The molecule has 0 fully saturated rings. The van der Waals surface area contributed by atoms with Crippen molar-refractivity contribution < 1.29 is 36.0 Å². The number of nitrogens with one attached hydrogen (secondary N) is 1. The van der Waals surface area contributed by atoms with E-state index in [1.165, 1.54) is 12.2 Å². The molecule has 28 heavy (non-hydrogen) atoms. The van der Waals surface area contributed by atoms with Crippen LogP contribution < -0.4 is 5.32 Å². The van der Waals surface area contributed by atoms with E-state index in [1.54, 1.807) is 0 Å². The predicted molar refractivity (Wildman–Crippen MR) is 101 cm³/mol. The average molecular weight is 430 g/mol. The molecular weight excluding hydrogens is 412 g/mol. The van der Waals surface area contributed by atoms with Crippen LogP contribution in [-0.4, -0.2) is 57.7 Å². The van der Waals surface area contributed by atoms with Gasteiger partial charge in [0.25, 0.3) is 23.6 Å². The quantitative estimate of drug-likeness (QED) is 0.546. The molecule has 0 aromatic heterocycles. The lowest BCUT2D eigenvalue weighted by Gasteiger charge is -2.12. The fourth-order valence-electron chi connectivity index (χ4n) is 1.38. The van der Waals surface area contributed by atoms with Crippen molar-refractivity contribution in [2.45, 2.75) is 0 Å². The van der Waals surface area contributed by atoms with Gasteiger partial charge in [0.2, 0.25) is 0 Å². The van der Waals surface area contributed by atoms with Gasteiger partial charge in [0.05, 0.1) is 5.75 Å².